The van der Waals surface area contributed by atoms with Gasteiger partial charge >= 0.3 is 0 Å². The highest BCUT2D eigenvalue weighted by atomic mass is 79.9. The van der Waals surface area contributed by atoms with Crippen LogP contribution in [0.1, 0.15) is 44.9 Å². The van der Waals surface area contributed by atoms with Crippen molar-refractivity contribution in [3.63, 3.8) is 0 Å². The number of hydrogen-bond acceptors (Lipinski definition) is 5. The molecule has 5 rings (SSSR count). The summed E-state index contributed by atoms with van der Waals surface area (Å²) in [6, 6.07) is 16.3. The monoisotopic (exact) mass is 551 g/mol. The van der Waals surface area contributed by atoms with E-state index in [4.69, 9.17) is 0 Å². The first-order valence-electron chi connectivity index (χ1n) is 13.1. The molecular formula is C28H34BrN5O2. The van der Waals surface area contributed by atoms with Crippen LogP contribution in [0.25, 0.3) is 10.9 Å². The molecule has 2 aliphatic rings. The van der Waals surface area contributed by atoms with Gasteiger partial charge in [0.15, 0.2) is 5.69 Å². The second-order valence-electron chi connectivity index (χ2n) is 9.98. The Morgan fingerprint density at radius 2 is 1.75 bits per heavy atom. The minimum absolute atomic E-state index is 0.0532. The fourth-order valence-electron chi connectivity index (χ4n) is 5.48. The van der Waals surface area contributed by atoms with E-state index in [0.717, 1.165) is 48.0 Å². The van der Waals surface area contributed by atoms with Gasteiger partial charge in [0.25, 0.3) is 5.91 Å². The van der Waals surface area contributed by atoms with Gasteiger partial charge in [0.2, 0.25) is 5.88 Å². The average Bonchev–Trinajstić information content (AvgIpc) is 3.17. The Bertz CT molecular complexity index is 1210. The van der Waals surface area contributed by atoms with E-state index in [9.17, 15) is 9.90 Å². The van der Waals surface area contributed by atoms with Crippen LogP contribution in [-0.2, 0) is 11.5 Å². The normalized spacial score (nSPS) is 17.9. The Morgan fingerprint density at radius 1 is 1.00 bits per heavy atom. The number of carbonyl (C=O) groups is 1. The van der Waals surface area contributed by atoms with Gasteiger partial charge < -0.3 is 10.0 Å². The maximum Gasteiger partial charge on any atom is 0.264 e. The maximum absolute atomic E-state index is 12.5. The summed E-state index contributed by atoms with van der Waals surface area (Å²) in [5, 5.41) is 20.2. The number of halogens is 1. The summed E-state index contributed by atoms with van der Waals surface area (Å²) in [6.45, 7) is 4.19. The standard InChI is InChI=1S/C28H34BrN5O2/c29-22-12-13-25-24(19-22)27(31-30-26(35)14-11-21-7-3-1-4-8-21)28(36)34(25)20-32-15-17-33(18-16-32)23-9-5-2-6-10-23/h2,5-6,9-10,12-13,19,21,36H,1,3-4,7-8,11,14-18,20H2. The lowest BCUT2D eigenvalue weighted by atomic mass is 9.86. The topological polar surface area (TPSA) is 73.4 Å². The Labute approximate surface area is 220 Å². The molecule has 1 N–H and O–H groups in total. The van der Waals surface area contributed by atoms with Crippen molar-refractivity contribution in [2.24, 2.45) is 16.1 Å². The summed E-state index contributed by atoms with van der Waals surface area (Å²) in [5.74, 6) is 0.469. The molecule has 0 bridgehead atoms. The highest BCUT2D eigenvalue weighted by Crippen LogP contribution is 2.40. The molecule has 1 aromatic heterocycles. The van der Waals surface area contributed by atoms with Crippen LogP contribution in [-0.4, -0.2) is 46.7 Å². The fraction of sp³-hybridized carbons (Fsp3) is 0.464. The smallest absolute Gasteiger partial charge is 0.264 e. The number of anilines is 1. The predicted molar refractivity (Wildman–Crippen MR) is 147 cm³/mol. The van der Waals surface area contributed by atoms with Gasteiger partial charge in [0, 0.05) is 48.1 Å². The molecule has 0 radical (unpaired) electrons. The molecule has 1 aliphatic heterocycles. The highest BCUT2D eigenvalue weighted by Gasteiger charge is 2.22. The first kappa shape index (κ1) is 25.0. The molecule has 1 saturated carbocycles. The Hall–Kier alpha value is -2.71. The molecule has 7 nitrogen and oxygen atoms in total. The fourth-order valence-corrected chi connectivity index (χ4v) is 5.84. The first-order chi connectivity index (χ1) is 17.6. The molecule has 0 unspecified atom stereocenters. The molecule has 3 aromatic rings. The molecule has 190 valence electrons. The van der Waals surface area contributed by atoms with Gasteiger partial charge in [-0.3, -0.25) is 14.3 Å². The third kappa shape index (κ3) is 5.81. The molecule has 1 saturated heterocycles. The van der Waals surface area contributed by atoms with Crippen molar-refractivity contribution in [2.75, 3.05) is 31.1 Å². The summed E-state index contributed by atoms with van der Waals surface area (Å²) >= 11 is 3.53. The van der Waals surface area contributed by atoms with Gasteiger partial charge in [-0.2, -0.15) is 0 Å². The number of benzene rings is 2. The third-order valence-electron chi connectivity index (χ3n) is 7.56. The van der Waals surface area contributed by atoms with Crippen LogP contribution < -0.4 is 4.90 Å². The predicted octanol–water partition coefficient (Wildman–Crippen LogP) is 6.86. The third-order valence-corrected chi connectivity index (χ3v) is 8.05. The van der Waals surface area contributed by atoms with Crippen LogP contribution in [0.2, 0.25) is 0 Å². The zero-order valence-corrected chi connectivity index (χ0v) is 22.2. The summed E-state index contributed by atoms with van der Waals surface area (Å²) in [7, 11) is 0. The average molecular weight is 553 g/mol. The largest absolute Gasteiger partial charge is 0.493 e. The molecule has 0 atom stereocenters. The number of piperazine rings is 1. The van der Waals surface area contributed by atoms with Crippen molar-refractivity contribution in [1.29, 1.82) is 0 Å². The number of aromatic nitrogens is 1. The number of fused-ring (bicyclic) bond motifs is 1. The molecule has 36 heavy (non-hydrogen) atoms. The molecule has 2 heterocycles. The number of para-hydroxylation sites is 1. The van der Waals surface area contributed by atoms with Crippen LogP contribution in [0, 0.1) is 5.92 Å². The number of aromatic hydroxyl groups is 1. The lowest BCUT2D eigenvalue weighted by Gasteiger charge is -2.36. The van der Waals surface area contributed by atoms with Crippen LogP contribution in [0.5, 0.6) is 5.88 Å². The minimum Gasteiger partial charge on any atom is -0.493 e. The molecule has 8 heteroatoms. The number of amides is 1. The Kier molecular flexibility index (Phi) is 8.02. The quantitative estimate of drug-likeness (QED) is 0.325. The van der Waals surface area contributed by atoms with Crippen molar-refractivity contribution >= 4 is 44.1 Å². The van der Waals surface area contributed by atoms with Gasteiger partial charge in [-0.05, 0) is 42.7 Å². The number of azo groups is 1. The van der Waals surface area contributed by atoms with E-state index in [2.05, 4.69) is 60.2 Å². The molecule has 2 fully saturated rings. The SMILES string of the molecule is O=C(CCC1CCCCC1)N=Nc1c(O)n(CN2CCN(c3ccccc3)CC2)c2ccc(Br)cc12. The first-order valence-corrected chi connectivity index (χ1v) is 13.9. The van der Waals surface area contributed by atoms with Crippen molar-refractivity contribution in [3.8, 4) is 5.88 Å². The maximum atomic E-state index is 12.5. The molecule has 1 amide bonds. The zero-order valence-electron chi connectivity index (χ0n) is 20.7. The highest BCUT2D eigenvalue weighted by molar-refractivity contribution is 9.10. The summed E-state index contributed by atoms with van der Waals surface area (Å²) in [6.07, 6.45) is 7.58. The number of carbonyl (C=O) groups excluding carboxylic acids is 1. The van der Waals surface area contributed by atoms with E-state index in [-0.39, 0.29) is 11.8 Å². The van der Waals surface area contributed by atoms with Crippen molar-refractivity contribution in [1.82, 2.24) is 9.47 Å². The number of nitrogens with zero attached hydrogens (tertiary/aromatic N) is 5. The van der Waals surface area contributed by atoms with E-state index in [1.54, 1.807) is 0 Å². The van der Waals surface area contributed by atoms with Crippen LogP contribution >= 0.6 is 15.9 Å². The van der Waals surface area contributed by atoms with Gasteiger partial charge in [0.05, 0.1) is 12.2 Å². The van der Waals surface area contributed by atoms with Gasteiger partial charge in [-0.25, -0.2) is 0 Å². The Morgan fingerprint density at radius 3 is 2.50 bits per heavy atom. The van der Waals surface area contributed by atoms with Crippen LogP contribution in [0.15, 0.2) is 63.2 Å². The lowest BCUT2D eigenvalue weighted by molar-refractivity contribution is -0.118. The van der Waals surface area contributed by atoms with E-state index in [1.165, 1.54) is 37.8 Å². The van der Waals surface area contributed by atoms with E-state index >= 15 is 0 Å². The minimum atomic E-state index is -0.215. The second kappa shape index (κ2) is 11.6. The molecule has 1 aliphatic carbocycles. The second-order valence-corrected chi connectivity index (χ2v) is 10.9. The van der Waals surface area contributed by atoms with Gasteiger partial charge in [0.1, 0.15) is 0 Å². The van der Waals surface area contributed by atoms with Crippen molar-refractivity contribution < 1.29 is 9.90 Å². The zero-order chi connectivity index (χ0) is 24.9. The summed E-state index contributed by atoms with van der Waals surface area (Å²) < 4.78 is 2.77. The number of rotatable bonds is 7. The summed E-state index contributed by atoms with van der Waals surface area (Å²) in [5.41, 5.74) is 2.48. The van der Waals surface area contributed by atoms with E-state index in [0.29, 0.717) is 24.7 Å². The lowest BCUT2D eigenvalue weighted by Crippen LogP contribution is -2.46. The van der Waals surface area contributed by atoms with Crippen LogP contribution in [0.3, 0.4) is 0 Å². The van der Waals surface area contributed by atoms with Gasteiger partial charge in [-0.1, -0.05) is 66.2 Å². The van der Waals surface area contributed by atoms with E-state index < -0.39 is 0 Å². The van der Waals surface area contributed by atoms with Crippen molar-refractivity contribution in [2.45, 2.75) is 51.6 Å². The van der Waals surface area contributed by atoms with Crippen molar-refractivity contribution in [3.05, 3.63) is 53.0 Å². The molecule has 0 spiro atoms. The van der Waals surface area contributed by atoms with Crippen LogP contribution in [0.4, 0.5) is 11.4 Å². The van der Waals surface area contributed by atoms with E-state index in [1.807, 2.05) is 28.8 Å². The Balaban J connectivity index is 1.28. The van der Waals surface area contributed by atoms with Gasteiger partial charge in [-0.15, -0.1) is 10.2 Å². The molecular weight excluding hydrogens is 518 g/mol. The summed E-state index contributed by atoms with van der Waals surface area (Å²) in [4.78, 5) is 17.2. The number of hydrogen-bond donors (Lipinski definition) is 1. The molecule has 2 aromatic carbocycles.